The van der Waals surface area contributed by atoms with E-state index in [9.17, 15) is 14.0 Å². The van der Waals surface area contributed by atoms with Gasteiger partial charge in [-0.05, 0) is 65.9 Å². The Morgan fingerprint density at radius 3 is 2.43 bits per heavy atom. The maximum atomic E-state index is 13.0. The minimum absolute atomic E-state index is 0.0937. The first-order valence-corrected chi connectivity index (χ1v) is 9.54. The molecule has 0 unspecified atom stereocenters. The van der Waals surface area contributed by atoms with Gasteiger partial charge in [0.15, 0.2) is 0 Å². The van der Waals surface area contributed by atoms with Crippen molar-refractivity contribution in [3.63, 3.8) is 0 Å². The molecular formula is C21H13ClFNO3S. The maximum Gasteiger partial charge on any atom is 0.293 e. The van der Waals surface area contributed by atoms with Crippen LogP contribution >= 0.6 is 23.4 Å². The molecule has 2 aromatic carbocycles. The largest absolute Gasteiger partial charge is 0.457 e. The lowest BCUT2D eigenvalue weighted by Gasteiger charge is -2.12. The van der Waals surface area contributed by atoms with E-state index in [1.165, 1.54) is 12.1 Å². The van der Waals surface area contributed by atoms with Crippen LogP contribution in [0.4, 0.5) is 9.18 Å². The van der Waals surface area contributed by atoms with E-state index in [-0.39, 0.29) is 22.5 Å². The molecule has 0 spiro atoms. The minimum Gasteiger partial charge on any atom is -0.457 e. The second kappa shape index (κ2) is 7.66. The lowest BCUT2D eigenvalue weighted by molar-refractivity contribution is -0.123. The molecule has 2 amide bonds. The van der Waals surface area contributed by atoms with Crippen LogP contribution in [0.5, 0.6) is 0 Å². The van der Waals surface area contributed by atoms with Crippen molar-refractivity contribution in [3.8, 4) is 11.3 Å². The molecule has 7 heteroatoms. The van der Waals surface area contributed by atoms with E-state index in [1.54, 1.807) is 42.5 Å². The first-order chi connectivity index (χ1) is 13.5. The fourth-order valence-corrected chi connectivity index (χ4v) is 3.68. The summed E-state index contributed by atoms with van der Waals surface area (Å²) in [7, 11) is 0. The van der Waals surface area contributed by atoms with Crippen LogP contribution in [0.15, 0.2) is 70.0 Å². The number of imide groups is 1. The molecule has 0 saturated carbocycles. The van der Waals surface area contributed by atoms with Crippen molar-refractivity contribution in [2.24, 2.45) is 0 Å². The monoisotopic (exact) mass is 413 g/mol. The van der Waals surface area contributed by atoms with Gasteiger partial charge in [0.25, 0.3) is 11.1 Å². The summed E-state index contributed by atoms with van der Waals surface area (Å²) in [6.45, 7) is 0.0937. The molecule has 0 N–H and O–H groups in total. The van der Waals surface area contributed by atoms with E-state index in [2.05, 4.69) is 0 Å². The summed E-state index contributed by atoms with van der Waals surface area (Å²) >= 11 is 6.74. The van der Waals surface area contributed by atoms with Crippen LogP contribution in [0.2, 0.25) is 5.02 Å². The fourth-order valence-electron chi connectivity index (χ4n) is 2.74. The predicted octanol–water partition coefficient (Wildman–Crippen LogP) is 5.98. The number of carbonyl (C=O) groups excluding carboxylic acids is 2. The van der Waals surface area contributed by atoms with Gasteiger partial charge < -0.3 is 4.42 Å². The third kappa shape index (κ3) is 3.88. The first-order valence-electron chi connectivity index (χ1n) is 8.35. The standard InChI is InChI=1S/C21H13ClFNO3S/c22-15-5-3-14(4-6-15)18-10-9-17(27-18)11-19-20(25)24(21(26)28-19)12-13-1-7-16(23)8-2-13/h1-11H,12H2/b19-11-. The first kappa shape index (κ1) is 18.5. The fraction of sp³-hybridized carbons (Fsp3) is 0.0476. The summed E-state index contributed by atoms with van der Waals surface area (Å²) in [6.07, 6.45) is 1.55. The van der Waals surface area contributed by atoms with Crippen molar-refractivity contribution in [2.75, 3.05) is 0 Å². The summed E-state index contributed by atoms with van der Waals surface area (Å²) in [5.74, 6) is 0.335. The van der Waals surface area contributed by atoms with E-state index in [0.29, 0.717) is 22.1 Å². The molecule has 1 fully saturated rings. The number of benzene rings is 2. The van der Waals surface area contributed by atoms with Crippen LogP contribution in [0, 0.1) is 5.82 Å². The average Bonchev–Trinajstić information content (AvgIpc) is 3.24. The predicted molar refractivity (Wildman–Crippen MR) is 107 cm³/mol. The maximum absolute atomic E-state index is 13.0. The number of hydrogen-bond donors (Lipinski definition) is 0. The van der Waals surface area contributed by atoms with E-state index in [1.807, 2.05) is 12.1 Å². The van der Waals surface area contributed by atoms with Crippen LogP contribution in [0.25, 0.3) is 17.4 Å². The third-order valence-electron chi connectivity index (χ3n) is 4.16. The molecule has 0 radical (unpaired) electrons. The molecule has 0 bridgehead atoms. The quantitative estimate of drug-likeness (QED) is 0.494. The molecule has 1 aliphatic heterocycles. The number of carbonyl (C=O) groups is 2. The Bertz CT molecular complexity index is 1070. The average molecular weight is 414 g/mol. The second-order valence-electron chi connectivity index (χ2n) is 6.10. The van der Waals surface area contributed by atoms with Crippen molar-refractivity contribution in [1.29, 1.82) is 0 Å². The van der Waals surface area contributed by atoms with E-state index in [4.69, 9.17) is 16.0 Å². The van der Waals surface area contributed by atoms with Crippen molar-refractivity contribution >= 4 is 40.6 Å². The lowest BCUT2D eigenvalue weighted by atomic mass is 10.2. The summed E-state index contributed by atoms with van der Waals surface area (Å²) in [6, 6.07) is 16.4. The Balaban J connectivity index is 1.52. The van der Waals surface area contributed by atoms with Gasteiger partial charge in [0.1, 0.15) is 17.3 Å². The molecule has 0 atom stereocenters. The Morgan fingerprint density at radius 1 is 1.00 bits per heavy atom. The molecule has 140 valence electrons. The number of nitrogens with zero attached hydrogens (tertiary/aromatic N) is 1. The van der Waals surface area contributed by atoms with Gasteiger partial charge in [-0.2, -0.15) is 0 Å². The topological polar surface area (TPSA) is 50.5 Å². The zero-order chi connectivity index (χ0) is 19.7. The SMILES string of the molecule is O=C1S/C(=C\c2ccc(-c3ccc(Cl)cc3)o2)C(=O)N1Cc1ccc(F)cc1. The zero-order valence-electron chi connectivity index (χ0n) is 14.4. The van der Waals surface area contributed by atoms with Gasteiger partial charge in [0.2, 0.25) is 0 Å². The highest BCUT2D eigenvalue weighted by molar-refractivity contribution is 8.18. The Labute approximate surface area is 169 Å². The third-order valence-corrected chi connectivity index (χ3v) is 5.32. The van der Waals surface area contributed by atoms with Crippen molar-refractivity contribution in [2.45, 2.75) is 6.54 Å². The number of furan rings is 1. The normalized spacial score (nSPS) is 15.6. The van der Waals surface area contributed by atoms with Crippen molar-refractivity contribution in [3.05, 3.63) is 87.7 Å². The van der Waals surface area contributed by atoms with Crippen LogP contribution in [0.3, 0.4) is 0 Å². The van der Waals surface area contributed by atoms with Gasteiger partial charge in [0.05, 0.1) is 11.4 Å². The summed E-state index contributed by atoms with van der Waals surface area (Å²) in [5, 5.41) is 0.260. The second-order valence-corrected chi connectivity index (χ2v) is 7.53. The van der Waals surface area contributed by atoms with E-state index < -0.39 is 5.91 Å². The number of rotatable bonds is 4. The zero-order valence-corrected chi connectivity index (χ0v) is 16.0. The summed E-state index contributed by atoms with van der Waals surface area (Å²) < 4.78 is 18.8. The Hall–Kier alpha value is -2.83. The highest BCUT2D eigenvalue weighted by Gasteiger charge is 2.35. The van der Waals surface area contributed by atoms with Gasteiger partial charge in [-0.3, -0.25) is 14.5 Å². The number of hydrogen-bond acceptors (Lipinski definition) is 4. The highest BCUT2D eigenvalue weighted by Crippen LogP contribution is 2.34. The highest BCUT2D eigenvalue weighted by atomic mass is 35.5. The number of amides is 2. The van der Waals surface area contributed by atoms with Gasteiger partial charge >= 0.3 is 0 Å². The van der Waals surface area contributed by atoms with Crippen LogP contribution in [0.1, 0.15) is 11.3 Å². The van der Waals surface area contributed by atoms with Gasteiger partial charge in [-0.15, -0.1) is 0 Å². The Kier molecular flexibility index (Phi) is 5.07. The molecule has 3 aromatic rings. The van der Waals surface area contributed by atoms with Gasteiger partial charge in [0, 0.05) is 16.7 Å². The number of thioether (sulfide) groups is 1. The van der Waals surface area contributed by atoms with Crippen LogP contribution in [-0.2, 0) is 11.3 Å². The van der Waals surface area contributed by atoms with Gasteiger partial charge in [-0.25, -0.2) is 4.39 Å². The lowest BCUT2D eigenvalue weighted by Crippen LogP contribution is -2.27. The van der Waals surface area contributed by atoms with Crippen LogP contribution < -0.4 is 0 Å². The van der Waals surface area contributed by atoms with E-state index in [0.717, 1.165) is 22.2 Å². The van der Waals surface area contributed by atoms with Crippen LogP contribution in [-0.4, -0.2) is 16.0 Å². The van der Waals surface area contributed by atoms with Gasteiger partial charge in [-0.1, -0.05) is 23.7 Å². The van der Waals surface area contributed by atoms with E-state index >= 15 is 0 Å². The molecule has 4 rings (SSSR count). The smallest absolute Gasteiger partial charge is 0.293 e. The molecule has 28 heavy (non-hydrogen) atoms. The molecule has 2 heterocycles. The molecule has 0 aliphatic carbocycles. The molecule has 1 aliphatic rings. The van der Waals surface area contributed by atoms with Crippen molar-refractivity contribution < 1.29 is 18.4 Å². The number of halogens is 2. The summed E-state index contributed by atoms with van der Waals surface area (Å²) in [5.41, 5.74) is 1.53. The molecule has 4 nitrogen and oxygen atoms in total. The minimum atomic E-state index is -0.399. The van der Waals surface area contributed by atoms with Crippen molar-refractivity contribution in [1.82, 2.24) is 4.90 Å². The molecule has 1 aromatic heterocycles. The molecular weight excluding hydrogens is 401 g/mol. The molecule has 1 saturated heterocycles. The summed E-state index contributed by atoms with van der Waals surface area (Å²) in [4.78, 5) is 26.2. The Morgan fingerprint density at radius 2 is 1.71 bits per heavy atom.